The highest BCUT2D eigenvalue weighted by molar-refractivity contribution is 6.17. The van der Waals surface area contributed by atoms with Crippen molar-refractivity contribution >= 4 is 11.6 Å². The number of hydrogen-bond acceptors (Lipinski definition) is 2. The van der Waals surface area contributed by atoms with E-state index in [4.69, 9.17) is 16.3 Å². The number of hydrogen-bond donors (Lipinski definition) is 1. The van der Waals surface area contributed by atoms with E-state index in [9.17, 15) is 5.11 Å². The monoisotopic (exact) mass is 242 g/mol. The normalized spacial score (nSPS) is 12.4. The minimum absolute atomic E-state index is 0.374. The van der Waals surface area contributed by atoms with Crippen molar-refractivity contribution in [2.24, 2.45) is 0 Å². The molecule has 0 aliphatic carbocycles. The summed E-state index contributed by atoms with van der Waals surface area (Å²) < 4.78 is 5.07. The Bertz CT molecular complexity index is 284. The lowest BCUT2D eigenvalue weighted by molar-refractivity contribution is 0.163. The van der Waals surface area contributed by atoms with E-state index in [0.717, 1.165) is 37.0 Å². The van der Waals surface area contributed by atoms with Crippen molar-refractivity contribution in [3.05, 3.63) is 29.8 Å². The maximum atomic E-state index is 9.91. The zero-order valence-corrected chi connectivity index (χ0v) is 10.4. The zero-order chi connectivity index (χ0) is 11.8. The van der Waals surface area contributed by atoms with Crippen molar-refractivity contribution in [2.75, 3.05) is 13.0 Å². The molecule has 1 unspecified atom stereocenters. The summed E-state index contributed by atoms with van der Waals surface area (Å²) in [6.07, 6.45) is 3.54. The Balaban J connectivity index is 2.37. The van der Waals surface area contributed by atoms with Crippen molar-refractivity contribution in [2.45, 2.75) is 31.8 Å². The summed E-state index contributed by atoms with van der Waals surface area (Å²) in [5.74, 6) is 1.52. The quantitative estimate of drug-likeness (QED) is 0.586. The van der Waals surface area contributed by atoms with Gasteiger partial charge in [-0.05, 0) is 30.5 Å². The first kappa shape index (κ1) is 13.3. The van der Waals surface area contributed by atoms with Crippen LogP contribution in [0.15, 0.2) is 24.3 Å². The van der Waals surface area contributed by atoms with Gasteiger partial charge in [0.2, 0.25) is 0 Å². The minimum atomic E-state index is -0.374. The zero-order valence-electron chi connectivity index (χ0n) is 9.66. The number of unbranched alkanes of at least 4 members (excludes halogenated alkanes) is 2. The molecule has 0 bridgehead atoms. The van der Waals surface area contributed by atoms with E-state index < -0.39 is 0 Å². The molecule has 2 nitrogen and oxygen atoms in total. The molecule has 1 aromatic rings. The van der Waals surface area contributed by atoms with Gasteiger partial charge in [0.15, 0.2) is 0 Å². The minimum Gasteiger partial charge on any atom is -0.497 e. The summed E-state index contributed by atoms with van der Waals surface area (Å²) in [6.45, 7) is 0. The smallest absolute Gasteiger partial charge is 0.118 e. The van der Waals surface area contributed by atoms with Crippen molar-refractivity contribution < 1.29 is 9.84 Å². The number of aliphatic hydroxyl groups is 1. The highest BCUT2D eigenvalue weighted by Crippen LogP contribution is 2.22. The van der Waals surface area contributed by atoms with Crippen LogP contribution in [0.1, 0.15) is 37.4 Å². The third-order valence-electron chi connectivity index (χ3n) is 2.61. The van der Waals surface area contributed by atoms with E-state index in [1.807, 2.05) is 24.3 Å². The van der Waals surface area contributed by atoms with Gasteiger partial charge in [0.1, 0.15) is 5.75 Å². The number of benzene rings is 1. The van der Waals surface area contributed by atoms with Crippen LogP contribution in [0, 0.1) is 0 Å². The molecule has 1 rings (SSSR count). The summed E-state index contributed by atoms with van der Waals surface area (Å²) in [7, 11) is 1.64. The highest BCUT2D eigenvalue weighted by atomic mass is 35.5. The van der Waals surface area contributed by atoms with Crippen molar-refractivity contribution in [3.63, 3.8) is 0 Å². The largest absolute Gasteiger partial charge is 0.497 e. The van der Waals surface area contributed by atoms with Crippen molar-refractivity contribution in [3.8, 4) is 5.75 Å². The third-order valence-corrected chi connectivity index (χ3v) is 2.88. The number of methoxy groups -OCH3 is 1. The molecule has 90 valence electrons. The predicted octanol–water partition coefficient (Wildman–Crippen LogP) is 3.53. The lowest BCUT2D eigenvalue weighted by Crippen LogP contribution is -1.97. The maximum absolute atomic E-state index is 9.91. The molecule has 1 aromatic carbocycles. The van der Waals surface area contributed by atoms with Crippen LogP contribution in [0.4, 0.5) is 0 Å². The standard InChI is InChI=1S/C13H19ClO2/c1-16-12-8-6-11(7-9-12)13(15)5-3-2-4-10-14/h6-9,13,15H,2-5,10H2,1H3. The number of rotatable bonds is 7. The molecule has 0 aliphatic rings. The average Bonchev–Trinajstić information content (AvgIpc) is 2.34. The molecule has 3 heteroatoms. The van der Waals surface area contributed by atoms with Gasteiger partial charge in [0, 0.05) is 5.88 Å². The number of alkyl halides is 1. The molecular weight excluding hydrogens is 224 g/mol. The molecule has 0 amide bonds. The second kappa shape index (κ2) is 7.53. The van der Waals surface area contributed by atoms with Crippen LogP contribution in [0.5, 0.6) is 5.75 Å². The maximum Gasteiger partial charge on any atom is 0.118 e. The Morgan fingerprint density at radius 2 is 1.88 bits per heavy atom. The fourth-order valence-electron chi connectivity index (χ4n) is 1.60. The Kier molecular flexibility index (Phi) is 6.27. The summed E-state index contributed by atoms with van der Waals surface area (Å²) in [5, 5.41) is 9.91. The second-order valence-corrected chi connectivity index (χ2v) is 4.21. The highest BCUT2D eigenvalue weighted by Gasteiger charge is 2.06. The lowest BCUT2D eigenvalue weighted by atomic mass is 10.0. The van der Waals surface area contributed by atoms with E-state index in [0.29, 0.717) is 5.88 Å². The molecule has 0 heterocycles. The number of aliphatic hydroxyl groups excluding tert-OH is 1. The Morgan fingerprint density at radius 1 is 1.19 bits per heavy atom. The molecule has 0 aromatic heterocycles. The molecule has 0 aliphatic heterocycles. The van der Waals surface area contributed by atoms with E-state index in [-0.39, 0.29) is 6.10 Å². The molecular formula is C13H19ClO2. The second-order valence-electron chi connectivity index (χ2n) is 3.83. The van der Waals surface area contributed by atoms with Crippen LogP contribution in [0.25, 0.3) is 0 Å². The van der Waals surface area contributed by atoms with Gasteiger partial charge in [-0.15, -0.1) is 11.6 Å². The van der Waals surface area contributed by atoms with Crippen molar-refractivity contribution in [1.82, 2.24) is 0 Å². The molecule has 16 heavy (non-hydrogen) atoms. The van der Waals surface area contributed by atoms with Gasteiger partial charge in [0.25, 0.3) is 0 Å². The third kappa shape index (κ3) is 4.42. The topological polar surface area (TPSA) is 29.5 Å². The van der Waals surface area contributed by atoms with Crippen LogP contribution in [-0.4, -0.2) is 18.1 Å². The first-order valence-electron chi connectivity index (χ1n) is 5.66. The van der Waals surface area contributed by atoms with Crippen LogP contribution >= 0.6 is 11.6 Å². The van der Waals surface area contributed by atoms with Gasteiger partial charge in [0.05, 0.1) is 13.2 Å². The SMILES string of the molecule is COc1ccc(C(O)CCCCCCl)cc1. The molecule has 1 N–H and O–H groups in total. The molecule has 0 saturated heterocycles. The molecule has 0 saturated carbocycles. The van der Waals surface area contributed by atoms with E-state index in [2.05, 4.69) is 0 Å². The van der Waals surface area contributed by atoms with Crippen LogP contribution in [0.2, 0.25) is 0 Å². The lowest BCUT2D eigenvalue weighted by Gasteiger charge is -2.11. The average molecular weight is 243 g/mol. The first-order chi connectivity index (χ1) is 7.77. The van der Waals surface area contributed by atoms with Gasteiger partial charge in [-0.2, -0.15) is 0 Å². The molecule has 0 spiro atoms. The van der Waals surface area contributed by atoms with Gasteiger partial charge < -0.3 is 9.84 Å². The molecule has 0 radical (unpaired) electrons. The van der Waals surface area contributed by atoms with E-state index in [1.54, 1.807) is 7.11 Å². The van der Waals surface area contributed by atoms with Gasteiger partial charge in [-0.25, -0.2) is 0 Å². The summed E-state index contributed by atoms with van der Waals surface area (Å²) in [5.41, 5.74) is 0.951. The summed E-state index contributed by atoms with van der Waals surface area (Å²) >= 11 is 5.59. The summed E-state index contributed by atoms with van der Waals surface area (Å²) in [6, 6.07) is 7.56. The van der Waals surface area contributed by atoms with E-state index in [1.165, 1.54) is 0 Å². The van der Waals surface area contributed by atoms with Crippen LogP contribution in [0.3, 0.4) is 0 Å². The number of ether oxygens (including phenoxy) is 1. The summed E-state index contributed by atoms with van der Waals surface area (Å²) in [4.78, 5) is 0. The predicted molar refractivity (Wildman–Crippen MR) is 67.1 cm³/mol. The van der Waals surface area contributed by atoms with E-state index >= 15 is 0 Å². The fourth-order valence-corrected chi connectivity index (χ4v) is 1.79. The molecule has 1 atom stereocenters. The van der Waals surface area contributed by atoms with Gasteiger partial charge >= 0.3 is 0 Å². The van der Waals surface area contributed by atoms with Crippen LogP contribution in [-0.2, 0) is 0 Å². The first-order valence-corrected chi connectivity index (χ1v) is 6.19. The fraction of sp³-hybridized carbons (Fsp3) is 0.538. The number of halogens is 1. The van der Waals surface area contributed by atoms with Gasteiger partial charge in [-0.3, -0.25) is 0 Å². The van der Waals surface area contributed by atoms with Crippen molar-refractivity contribution in [1.29, 1.82) is 0 Å². The Labute approximate surface area is 102 Å². The Morgan fingerprint density at radius 3 is 2.44 bits per heavy atom. The molecule has 0 fully saturated rings. The van der Waals surface area contributed by atoms with Gasteiger partial charge in [-0.1, -0.05) is 25.0 Å². The Hall–Kier alpha value is -0.730. The van der Waals surface area contributed by atoms with Crippen LogP contribution < -0.4 is 4.74 Å².